The summed E-state index contributed by atoms with van der Waals surface area (Å²) >= 11 is 0. The summed E-state index contributed by atoms with van der Waals surface area (Å²) in [4.78, 5) is 24.6. The topological polar surface area (TPSA) is 137 Å². The number of carboxylic acid groups (broad SMARTS) is 2. The number of pyridine rings is 1. The summed E-state index contributed by atoms with van der Waals surface area (Å²) in [7, 11) is -3.08. The zero-order valence-electron chi connectivity index (χ0n) is 19.6. The molecule has 212 valence electrons. The number of rotatable bonds is 4. The Balaban J connectivity index is 0.000000404. The van der Waals surface area contributed by atoms with Gasteiger partial charge >= 0.3 is 24.3 Å². The van der Waals surface area contributed by atoms with Crippen LogP contribution in [0.15, 0.2) is 24.4 Å². The highest BCUT2D eigenvalue weighted by Crippen LogP contribution is 2.31. The number of hydrogen-bond acceptors (Lipinski definition) is 7. The van der Waals surface area contributed by atoms with Gasteiger partial charge < -0.3 is 14.9 Å². The van der Waals surface area contributed by atoms with E-state index in [1.807, 2.05) is 24.4 Å². The van der Waals surface area contributed by atoms with Crippen LogP contribution < -0.4 is 0 Å². The molecule has 37 heavy (non-hydrogen) atoms. The molecule has 0 unspecified atom stereocenters. The van der Waals surface area contributed by atoms with Crippen molar-refractivity contribution in [1.82, 2.24) is 14.2 Å². The number of hydrogen-bond donors (Lipinski definition) is 2. The van der Waals surface area contributed by atoms with Gasteiger partial charge in [0.2, 0.25) is 10.0 Å². The second-order valence-electron chi connectivity index (χ2n) is 7.97. The summed E-state index contributed by atoms with van der Waals surface area (Å²) in [5.41, 5.74) is 0.864. The van der Waals surface area contributed by atoms with Gasteiger partial charge in [0.25, 0.3) is 0 Å². The average Bonchev–Trinajstić information content (AvgIpc) is 2.80. The minimum atomic E-state index is -5.08. The van der Waals surface area contributed by atoms with Crippen LogP contribution in [0.4, 0.5) is 26.3 Å². The largest absolute Gasteiger partial charge is 0.490 e. The van der Waals surface area contributed by atoms with E-state index in [2.05, 4.69) is 9.88 Å². The fourth-order valence-corrected chi connectivity index (χ4v) is 4.54. The van der Waals surface area contributed by atoms with Crippen LogP contribution in [0.3, 0.4) is 0 Å². The number of morpholine rings is 1. The number of aromatic nitrogens is 1. The van der Waals surface area contributed by atoms with Crippen LogP contribution in [0.2, 0.25) is 0 Å². The highest BCUT2D eigenvalue weighted by molar-refractivity contribution is 7.89. The van der Waals surface area contributed by atoms with E-state index in [9.17, 15) is 34.8 Å². The molecule has 2 saturated heterocycles. The Morgan fingerprint density at radius 1 is 1.03 bits per heavy atom. The standard InChI is InChI=1S/C16H25N3O3S.2C2HF3O2/c1-2-23(20,21)19-9-6-16(7-10-19)14-18(11-12-22-16)13-15-5-3-4-8-17-15;2*3-2(4,5)1(6)7/h3-5,8H,2,6-7,9-14H2,1H3;2*(H,6,7). The molecule has 2 fully saturated rings. The quantitative estimate of drug-likeness (QED) is 0.526. The zero-order chi connectivity index (χ0) is 28.5. The second kappa shape index (κ2) is 13.3. The lowest BCUT2D eigenvalue weighted by Crippen LogP contribution is -2.57. The van der Waals surface area contributed by atoms with Crippen LogP contribution in [0.25, 0.3) is 0 Å². The van der Waals surface area contributed by atoms with E-state index in [1.165, 1.54) is 0 Å². The van der Waals surface area contributed by atoms with E-state index in [4.69, 9.17) is 24.5 Å². The highest BCUT2D eigenvalue weighted by Gasteiger charge is 2.42. The molecule has 1 aromatic rings. The number of halogens is 6. The molecule has 10 nitrogen and oxygen atoms in total. The summed E-state index contributed by atoms with van der Waals surface area (Å²) in [6.45, 7) is 6.10. The van der Waals surface area contributed by atoms with E-state index in [0.717, 1.165) is 38.2 Å². The third-order valence-corrected chi connectivity index (χ3v) is 7.20. The van der Waals surface area contributed by atoms with E-state index >= 15 is 0 Å². The molecule has 0 aliphatic carbocycles. The molecule has 0 atom stereocenters. The van der Waals surface area contributed by atoms with Crippen LogP contribution in [-0.2, 0) is 30.9 Å². The van der Waals surface area contributed by atoms with Gasteiger partial charge in [0.1, 0.15) is 0 Å². The van der Waals surface area contributed by atoms with Crippen molar-refractivity contribution in [2.75, 3.05) is 38.5 Å². The van der Waals surface area contributed by atoms with Crippen molar-refractivity contribution < 1.29 is 59.3 Å². The van der Waals surface area contributed by atoms with Gasteiger partial charge in [-0.1, -0.05) is 6.07 Å². The molecule has 0 amide bonds. The predicted octanol–water partition coefficient (Wildman–Crippen LogP) is 2.36. The van der Waals surface area contributed by atoms with Crippen LogP contribution in [-0.4, -0.2) is 101 Å². The number of ether oxygens (including phenoxy) is 1. The maximum absolute atomic E-state index is 12.0. The molecule has 2 aliphatic heterocycles. The lowest BCUT2D eigenvalue weighted by atomic mass is 9.90. The monoisotopic (exact) mass is 567 g/mol. The van der Waals surface area contributed by atoms with Crippen molar-refractivity contribution in [1.29, 1.82) is 0 Å². The Bertz CT molecular complexity index is 958. The molecule has 1 spiro atoms. The third kappa shape index (κ3) is 11.2. The van der Waals surface area contributed by atoms with Crippen molar-refractivity contribution in [3.63, 3.8) is 0 Å². The van der Waals surface area contributed by atoms with Crippen LogP contribution in [0.5, 0.6) is 0 Å². The van der Waals surface area contributed by atoms with Crippen LogP contribution in [0.1, 0.15) is 25.5 Å². The minimum Gasteiger partial charge on any atom is -0.475 e. The molecule has 2 N–H and O–H groups in total. The summed E-state index contributed by atoms with van der Waals surface area (Å²) in [5.74, 6) is -5.34. The number of sulfonamides is 1. The van der Waals surface area contributed by atoms with Crippen molar-refractivity contribution in [3.8, 4) is 0 Å². The third-order valence-electron chi connectivity index (χ3n) is 5.32. The van der Waals surface area contributed by atoms with Gasteiger partial charge in [0.05, 0.1) is 23.7 Å². The summed E-state index contributed by atoms with van der Waals surface area (Å²) < 4.78 is 95.2. The van der Waals surface area contributed by atoms with E-state index in [1.54, 1.807) is 11.2 Å². The van der Waals surface area contributed by atoms with Crippen molar-refractivity contribution >= 4 is 22.0 Å². The Kier molecular flexibility index (Phi) is 11.7. The normalized spacial score (nSPS) is 18.7. The van der Waals surface area contributed by atoms with Gasteiger partial charge in [0.15, 0.2) is 0 Å². The highest BCUT2D eigenvalue weighted by atomic mass is 32.2. The Labute approximate surface area is 208 Å². The summed E-state index contributed by atoms with van der Waals surface area (Å²) in [5, 5.41) is 14.2. The van der Waals surface area contributed by atoms with Gasteiger partial charge in [0, 0.05) is 38.9 Å². The fourth-order valence-electron chi connectivity index (χ4n) is 3.44. The Morgan fingerprint density at radius 2 is 1.54 bits per heavy atom. The van der Waals surface area contributed by atoms with E-state index < -0.39 is 34.3 Å². The SMILES string of the molecule is CCS(=O)(=O)N1CCC2(CC1)CN(Cc1ccccn1)CCO2.O=C(O)C(F)(F)F.O=C(O)C(F)(F)F. The molecule has 0 bridgehead atoms. The van der Waals surface area contributed by atoms with Gasteiger partial charge in [-0.2, -0.15) is 26.3 Å². The van der Waals surface area contributed by atoms with Gasteiger partial charge in [-0.05, 0) is 31.9 Å². The zero-order valence-corrected chi connectivity index (χ0v) is 20.4. The van der Waals surface area contributed by atoms with E-state index in [0.29, 0.717) is 19.7 Å². The van der Waals surface area contributed by atoms with Gasteiger partial charge in [-0.3, -0.25) is 9.88 Å². The van der Waals surface area contributed by atoms with Crippen LogP contribution in [0, 0.1) is 0 Å². The lowest BCUT2D eigenvalue weighted by molar-refractivity contribution is -0.193. The first-order chi connectivity index (χ1) is 16.9. The maximum atomic E-state index is 12.0. The molecule has 2 aliphatic rings. The Morgan fingerprint density at radius 3 is 1.95 bits per heavy atom. The molecule has 17 heteroatoms. The minimum absolute atomic E-state index is 0.173. The molecule has 0 aromatic carbocycles. The number of aliphatic carboxylic acids is 2. The van der Waals surface area contributed by atoms with Gasteiger partial charge in [-0.25, -0.2) is 22.3 Å². The van der Waals surface area contributed by atoms with Crippen molar-refractivity contribution in [2.45, 2.75) is 44.3 Å². The molecular weight excluding hydrogens is 540 g/mol. The first-order valence-corrected chi connectivity index (χ1v) is 12.4. The lowest BCUT2D eigenvalue weighted by Gasteiger charge is -2.46. The second-order valence-corrected chi connectivity index (χ2v) is 10.2. The molecule has 0 saturated carbocycles. The van der Waals surface area contributed by atoms with E-state index in [-0.39, 0.29) is 11.4 Å². The summed E-state index contributed by atoms with van der Waals surface area (Å²) in [6.07, 6.45) is -6.81. The number of piperidine rings is 1. The van der Waals surface area contributed by atoms with Crippen molar-refractivity contribution in [3.05, 3.63) is 30.1 Å². The molecule has 3 rings (SSSR count). The van der Waals surface area contributed by atoms with Crippen molar-refractivity contribution in [2.24, 2.45) is 0 Å². The molecule has 1 aromatic heterocycles. The maximum Gasteiger partial charge on any atom is 0.490 e. The molecule has 0 radical (unpaired) electrons. The molecule has 3 heterocycles. The first kappa shape index (κ1) is 32.5. The fraction of sp³-hybridized carbons (Fsp3) is 0.650. The number of carbonyl (C=O) groups is 2. The first-order valence-electron chi connectivity index (χ1n) is 10.8. The van der Waals surface area contributed by atoms with Crippen LogP contribution >= 0.6 is 0 Å². The summed E-state index contributed by atoms with van der Waals surface area (Å²) in [6, 6.07) is 5.97. The molecular formula is C20H27F6N3O7S. The average molecular weight is 568 g/mol. The predicted molar refractivity (Wildman–Crippen MR) is 116 cm³/mol. The van der Waals surface area contributed by atoms with Gasteiger partial charge in [-0.15, -0.1) is 0 Å². The number of nitrogens with zero attached hydrogens (tertiary/aromatic N) is 3. The number of alkyl halides is 6. The number of carboxylic acids is 2. The Hall–Kier alpha value is -2.50. The smallest absolute Gasteiger partial charge is 0.475 e.